The van der Waals surface area contributed by atoms with E-state index in [1.165, 1.54) is 7.11 Å². The molecule has 0 saturated carbocycles. The molecular weight excluding hydrogens is 827 g/mol. The molecule has 7 N–H and O–H groups in total. The number of ketones is 2. The third-order valence-electron chi connectivity index (χ3n) is 13.7. The van der Waals surface area contributed by atoms with E-state index in [9.17, 15) is 39.1 Å². The fourth-order valence-corrected chi connectivity index (χ4v) is 10.00. The number of hydrogen-bond donors (Lipinski definition) is 7. The molecule has 3 aliphatic rings. The van der Waals surface area contributed by atoms with Crippen molar-refractivity contribution in [2.24, 2.45) is 0 Å². The van der Waals surface area contributed by atoms with Crippen LogP contribution in [0.5, 0.6) is 0 Å². The molecule has 8 bridgehead atoms. The van der Waals surface area contributed by atoms with Gasteiger partial charge < -0.3 is 40.5 Å². The SMILES string of the molecule is CC[C@H]1c2cc3[nH]c4c(c3C)C(=O)C(C(=O)OC)c4c3nc(cc4[nH]c(cc(n2)[C@@H]1C)c(C(C)=O)c4C)[C@@H](C)[C@@H]3CCCC(=O)NCCC[C@H](NCCc1ccc(B(O)O)cc1)C(=O)O. The van der Waals surface area contributed by atoms with Crippen molar-refractivity contribution in [2.75, 3.05) is 20.2 Å². The average molecular weight is 887 g/mol. The predicted octanol–water partition coefficient (Wildman–Crippen LogP) is 5.80. The van der Waals surface area contributed by atoms with Gasteiger partial charge in [-0.05, 0) is 106 Å². The standard InChI is InChI=1S/C49H59BN6O9/c1-8-31-24(2)34-23-39-41(28(6)57)26(4)36(54-39)21-35-25(3)32(45(55-35)43-44(49(62)65-7)47(59)42-27(5)37(56-46(42)43)22-38(31)53-34)11-9-13-40(58)52-19-10-12-33(48(60)61)51-20-18-29-14-16-30(17-15-29)50(63)64/h14-17,21-25,31-33,44,51,54,56,63-64H,8-13,18-20H2,1-7H3,(H,52,58)(H,60,61)/t24-,25+,31-,32+,33+,44?/m1/s1. The summed E-state index contributed by atoms with van der Waals surface area (Å²) in [7, 11) is -0.281. The minimum atomic E-state index is -1.55. The minimum Gasteiger partial charge on any atom is -0.480 e. The van der Waals surface area contributed by atoms with E-state index < -0.39 is 31.0 Å². The van der Waals surface area contributed by atoms with E-state index in [1.807, 2.05) is 39.0 Å². The highest BCUT2D eigenvalue weighted by Gasteiger charge is 2.45. The van der Waals surface area contributed by atoms with Crippen molar-refractivity contribution in [2.45, 2.75) is 122 Å². The normalized spacial score (nSPS) is 19.3. The molecule has 5 heterocycles. The number of nitrogens with zero attached hydrogens (tertiary/aromatic N) is 2. The maximum absolute atomic E-state index is 14.4. The van der Waals surface area contributed by atoms with Crippen LogP contribution < -0.4 is 16.1 Å². The number of benzene rings is 1. The topological polar surface area (TPSA) is 237 Å². The summed E-state index contributed by atoms with van der Waals surface area (Å²) in [6, 6.07) is 11.9. The third kappa shape index (κ3) is 9.43. The fraction of sp³-hybridized carbons (Fsp3) is 0.449. The van der Waals surface area contributed by atoms with Gasteiger partial charge in [0.05, 0.1) is 23.8 Å². The molecule has 0 saturated heterocycles. The Labute approximate surface area is 378 Å². The lowest BCUT2D eigenvalue weighted by atomic mass is 9.80. The number of aryl methyl sites for hydroxylation is 2. The van der Waals surface area contributed by atoms with E-state index in [4.69, 9.17) is 14.7 Å². The number of aromatic nitrogens is 4. The molecule has 15 nitrogen and oxygen atoms in total. The molecule has 7 rings (SSSR count). The Kier molecular flexibility index (Phi) is 14.2. The molecule has 342 valence electrons. The fourth-order valence-electron chi connectivity index (χ4n) is 10.00. The van der Waals surface area contributed by atoms with Gasteiger partial charge in [-0.15, -0.1) is 0 Å². The number of aromatic amines is 2. The molecule has 2 aliphatic heterocycles. The van der Waals surface area contributed by atoms with Gasteiger partial charge in [-0.2, -0.15) is 0 Å². The maximum atomic E-state index is 14.4. The van der Waals surface area contributed by atoms with Crippen LogP contribution in [0.4, 0.5) is 0 Å². The van der Waals surface area contributed by atoms with E-state index in [1.54, 1.807) is 31.2 Å². The Morgan fingerprint density at radius 3 is 2.20 bits per heavy atom. The van der Waals surface area contributed by atoms with E-state index in [0.717, 1.165) is 40.0 Å². The molecule has 0 fully saturated rings. The highest BCUT2D eigenvalue weighted by Crippen LogP contribution is 2.48. The maximum Gasteiger partial charge on any atom is 0.488 e. The van der Waals surface area contributed by atoms with Gasteiger partial charge in [-0.25, -0.2) is 0 Å². The van der Waals surface area contributed by atoms with Crippen molar-refractivity contribution < 1.29 is 43.9 Å². The number of esters is 1. The zero-order valence-corrected chi connectivity index (χ0v) is 38.1. The number of fused-ring (bicyclic) bond motifs is 8. The van der Waals surface area contributed by atoms with Crippen LogP contribution in [0.1, 0.15) is 162 Å². The second kappa shape index (κ2) is 19.6. The highest BCUT2D eigenvalue weighted by molar-refractivity contribution is 6.58. The molecule has 65 heavy (non-hydrogen) atoms. The highest BCUT2D eigenvalue weighted by atomic mass is 16.5. The number of ether oxygens (including phenoxy) is 1. The number of aliphatic carboxylic acids is 1. The Bertz CT molecular complexity index is 2690. The number of rotatable bonds is 17. The molecule has 6 atom stereocenters. The smallest absolute Gasteiger partial charge is 0.480 e. The largest absolute Gasteiger partial charge is 0.488 e. The Morgan fingerprint density at radius 2 is 1.54 bits per heavy atom. The lowest BCUT2D eigenvalue weighted by Crippen LogP contribution is -2.38. The van der Waals surface area contributed by atoms with E-state index in [2.05, 4.69) is 34.4 Å². The predicted molar refractivity (Wildman–Crippen MR) is 248 cm³/mol. The first-order valence-electron chi connectivity index (χ1n) is 22.6. The monoisotopic (exact) mass is 886 g/mol. The first kappa shape index (κ1) is 47.0. The number of carboxylic acid groups (broad SMARTS) is 1. The quantitative estimate of drug-likeness (QED) is 0.0219. The van der Waals surface area contributed by atoms with Crippen molar-refractivity contribution in [1.29, 1.82) is 0 Å². The molecule has 1 aliphatic carbocycles. The molecule has 3 aromatic heterocycles. The zero-order chi connectivity index (χ0) is 46.9. The van der Waals surface area contributed by atoms with Gasteiger partial charge in [0.25, 0.3) is 0 Å². The first-order valence-corrected chi connectivity index (χ1v) is 22.6. The average Bonchev–Trinajstić information content (AvgIpc) is 4.02. The van der Waals surface area contributed by atoms with Gasteiger partial charge in [-0.1, -0.05) is 45.0 Å². The molecular formula is C49H59BN6O9. The van der Waals surface area contributed by atoms with Gasteiger partial charge >= 0.3 is 19.1 Å². The van der Waals surface area contributed by atoms with Gasteiger partial charge in [0, 0.05) is 81.4 Å². The number of H-pyrrole nitrogens is 2. The first-order chi connectivity index (χ1) is 31.0. The lowest BCUT2D eigenvalue weighted by molar-refractivity contribution is -0.141. The van der Waals surface area contributed by atoms with Crippen LogP contribution in [0, 0.1) is 13.8 Å². The van der Waals surface area contributed by atoms with Crippen LogP contribution in [-0.2, 0) is 25.5 Å². The van der Waals surface area contributed by atoms with Crippen molar-refractivity contribution in [3.8, 4) is 0 Å². The van der Waals surface area contributed by atoms with E-state index in [-0.39, 0.29) is 47.6 Å². The van der Waals surface area contributed by atoms with Crippen molar-refractivity contribution in [3.63, 3.8) is 0 Å². The summed E-state index contributed by atoms with van der Waals surface area (Å²) < 4.78 is 5.25. The van der Waals surface area contributed by atoms with Crippen molar-refractivity contribution in [1.82, 2.24) is 30.6 Å². The molecule has 1 aromatic carbocycles. The molecule has 0 radical (unpaired) electrons. The number of methoxy groups -OCH3 is 1. The lowest BCUT2D eigenvalue weighted by Gasteiger charge is -2.19. The Balaban J connectivity index is 1.15. The molecule has 0 spiro atoms. The van der Waals surface area contributed by atoms with Crippen molar-refractivity contribution >= 4 is 64.1 Å². The summed E-state index contributed by atoms with van der Waals surface area (Å²) in [5.41, 5.74) is 9.91. The molecule has 1 unspecified atom stereocenters. The second-order valence-electron chi connectivity index (χ2n) is 17.8. The van der Waals surface area contributed by atoms with Crippen LogP contribution in [0.2, 0.25) is 0 Å². The van der Waals surface area contributed by atoms with Crippen LogP contribution in [0.3, 0.4) is 0 Å². The molecule has 4 aromatic rings. The summed E-state index contributed by atoms with van der Waals surface area (Å²) >= 11 is 0. The Morgan fingerprint density at radius 1 is 0.877 bits per heavy atom. The summed E-state index contributed by atoms with van der Waals surface area (Å²) in [4.78, 5) is 83.7. The Hall–Kier alpha value is -5.97. The van der Waals surface area contributed by atoms with Gasteiger partial charge in [-0.3, -0.25) is 33.9 Å². The van der Waals surface area contributed by atoms with Crippen LogP contribution in [0.25, 0.3) is 22.1 Å². The van der Waals surface area contributed by atoms with Gasteiger partial charge in [0.2, 0.25) is 5.91 Å². The van der Waals surface area contributed by atoms with Gasteiger partial charge in [0.1, 0.15) is 12.0 Å². The summed E-state index contributed by atoms with van der Waals surface area (Å²) in [6.45, 7) is 12.3. The van der Waals surface area contributed by atoms with Gasteiger partial charge in [0.15, 0.2) is 11.6 Å². The zero-order valence-electron chi connectivity index (χ0n) is 38.1. The summed E-state index contributed by atoms with van der Waals surface area (Å²) in [5.74, 6) is -3.85. The number of hydrogen-bond acceptors (Lipinski definition) is 11. The number of carboxylic acids is 1. The van der Waals surface area contributed by atoms with E-state index in [0.29, 0.717) is 95.3 Å². The molecule has 1 amide bonds. The van der Waals surface area contributed by atoms with Crippen molar-refractivity contribution in [3.05, 3.63) is 98.6 Å². The van der Waals surface area contributed by atoms with Crippen LogP contribution in [-0.4, -0.2) is 97.9 Å². The summed E-state index contributed by atoms with van der Waals surface area (Å²) in [5, 5.41) is 34.4. The number of amides is 1. The third-order valence-corrected chi connectivity index (χ3v) is 13.7. The minimum absolute atomic E-state index is 0.0655. The number of carbonyl (C=O) groups excluding carboxylic acids is 4. The second-order valence-corrected chi connectivity index (χ2v) is 17.8. The number of Topliss-reactive ketones (excluding diaryl/α,β-unsaturated/α-hetero) is 2. The van der Waals surface area contributed by atoms with Crippen LogP contribution in [0.15, 0.2) is 42.5 Å². The number of carbonyl (C=O) groups is 5. The van der Waals surface area contributed by atoms with E-state index >= 15 is 0 Å². The number of nitrogens with one attached hydrogen (secondary N) is 4. The summed E-state index contributed by atoms with van der Waals surface area (Å²) in [6.07, 6.45) is 3.28. The molecule has 16 heteroatoms. The van der Waals surface area contributed by atoms with Crippen LogP contribution >= 0.6 is 0 Å².